The lowest BCUT2D eigenvalue weighted by Gasteiger charge is -2.51. The van der Waals surface area contributed by atoms with Gasteiger partial charge in [-0.2, -0.15) is 0 Å². The number of esters is 1. The van der Waals surface area contributed by atoms with Crippen molar-refractivity contribution in [2.75, 3.05) is 32.8 Å². The van der Waals surface area contributed by atoms with Gasteiger partial charge >= 0.3 is 5.97 Å². The van der Waals surface area contributed by atoms with E-state index >= 15 is 0 Å². The molecule has 0 radical (unpaired) electrons. The van der Waals surface area contributed by atoms with Gasteiger partial charge in [0.2, 0.25) is 5.76 Å². The Morgan fingerprint density at radius 1 is 1.26 bits per heavy atom. The van der Waals surface area contributed by atoms with Gasteiger partial charge in [0.15, 0.2) is 6.10 Å². The largest absolute Gasteiger partial charge is 0.455 e. The SMILES string of the molecule is CCOCc1cc(C(=O)C[N+]23CCC(CC2)[C@@H](OC(=O)C(I)c2ccccc2)C3)on1. The van der Waals surface area contributed by atoms with Gasteiger partial charge in [-0.25, -0.2) is 0 Å². The first-order valence-corrected chi connectivity index (χ1v) is 12.1. The van der Waals surface area contributed by atoms with Crippen molar-refractivity contribution in [3.8, 4) is 0 Å². The number of carbonyl (C=O) groups excluding carboxylic acids is 2. The number of carbonyl (C=O) groups is 2. The summed E-state index contributed by atoms with van der Waals surface area (Å²) in [7, 11) is 0. The molecule has 0 spiro atoms. The van der Waals surface area contributed by atoms with E-state index in [0.717, 1.165) is 31.5 Å². The van der Waals surface area contributed by atoms with E-state index in [1.54, 1.807) is 6.07 Å². The summed E-state index contributed by atoms with van der Waals surface area (Å²) in [5.41, 5.74) is 1.57. The number of rotatable bonds is 9. The van der Waals surface area contributed by atoms with Crippen LogP contribution in [0.25, 0.3) is 0 Å². The van der Waals surface area contributed by atoms with E-state index in [2.05, 4.69) is 27.7 Å². The Morgan fingerprint density at radius 3 is 2.71 bits per heavy atom. The van der Waals surface area contributed by atoms with Gasteiger partial charge in [-0.3, -0.25) is 9.59 Å². The maximum absolute atomic E-state index is 12.9. The Kier molecular flexibility index (Phi) is 7.08. The van der Waals surface area contributed by atoms with Crippen LogP contribution in [0, 0.1) is 5.92 Å². The molecular formula is C23H28IN2O5+. The molecule has 4 heterocycles. The summed E-state index contributed by atoms with van der Waals surface area (Å²) in [6.07, 6.45) is 1.79. The first kappa shape index (κ1) is 22.4. The molecular weight excluding hydrogens is 511 g/mol. The van der Waals surface area contributed by atoms with Crippen molar-refractivity contribution >= 4 is 34.3 Å². The maximum atomic E-state index is 12.9. The molecule has 0 amide bonds. The molecule has 166 valence electrons. The van der Waals surface area contributed by atoms with Crippen LogP contribution >= 0.6 is 22.6 Å². The van der Waals surface area contributed by atoms with Gasteiger partial charge in [0.25, 0.3) is 5.78 Å². The Balaban J connectivity index is 1.38. The third-order valence-electron chi connectivity index (χ3n) is 6.38. The molecule has 7 nitrogen and oxygen atoms in total. The number of piperidine rings is 3. The number of ketones is 1. The van der Waals surface area contributed by atoms with Crippen LogP contribution in [0.2, 0.25) is 0 Å². The van der Waals surface area contributed by atoms with Gasteiger partial charge in [-0.15, -0.1) is 0 Å². The van der Waals surface area contributed by atoms with Crippen molar-refractivity contribution in [1.82, 2.24) is 5.16 Å². The number of benzene rings is 1. The average Bonchev–Trinajstić information content (AvgIpc) is 3.27. The standard InChI is InChI=1S/C23H28IN2O5/c1-2-29-15-18-12-20(31-25-18)19(27)13-26-10-8-16(9-11-26)21(14-26)30-23(28)22(24)17-6-4-3-5-7-17/h3-7,12,16,21-22H,2,8-11,13-15H2,1H3/q+1/t16?,21-,22?,26?/m0/s1. The number of Topliss-reactive ketones (excluding diaryl/α,β-unsaturated/α-hetero) is 1. The Bertz CT molecular complexity index is 908. The van der Waals surface area contributed by atoms with Crippen molar-refractivity contribution in [1.29, 1.82) is 0 Å². The number of aromatic nitrogens is 1. The van der Waals surface area contributed by atoms with E-state index in [4.69, 9.17) is 14.0 Å². The molecule has 3 aliphatic rings. The van der Waals surface area contributed by atoms with Crippen molar-refractivity contribution in [3.05, 3.63) is 53.4 Å². The van der Waals surface area contributed by atoms with E-state index in [1.807, 2.05) is 37.3 Å². The zero-order chi connectivity index (χ0) is 21.8. The molecule has 0 N–H and O–H groups in total. The lowest BCUT2D eigenvalue weighted by atomic mass is 9.83. The van der Waals surface area contributed by atoms with Crippen LogP contribution in [0.1, 0.15) is 45.5 Å². The number of halogens is 1. The Hall–Kier alpha value is -1.78. The highest BCUT2D eigenvalue weighted by Crippen LogP contribution is 2.37. The third kappa shape index (κ3) is 5.18. The molecule has 5 rings (SSSR count). The predicted molar refractivity (Wildman–Crippen MR) is 122 cm³/mol. The minimum Gasteiger partial charge on any atom is -0.455 e. The highest BCUT2D eigenvalue weighted by atomic mass is 127. The quantitative estimate of drug-likeness (QED) is 0.159. The average molecular weight is 539 g/mol. The zero-order valence-electron chi connectivity index (χ0n) is 17.7. The van der Waals surface area contributed by atoms with Gasteiger partial charge in [-0.1, -0.05) is 58.1 Å². The lowest BCUT2D eigenvalue weighted by Crippen LogP contribution is -2.65. The highest BCUT2D eigenvalue weighted by Gasteiger charge is 2.49. The number of ether oxygens (including phenoxy) is 2. The van der Waals surface area contributed by atoms with Crippen molar-refractivity contribution in [3.63, 3.8) is 0 Å². The maximum Gasteiger partial charge on any atom is 0.323 e. The Labute approximate surface area is 195 Å². The van der Waals surface area contributed by atoms with Crippen molar-refractivity contribution in [2.24, 2.45) is 5.92 Å². The molecule has 31 heavy (non-hydrogen) atoms. The Morgan fingerprint density at radius 2 is 2.00 bits per heavy atom. The molecule has 1 aromatic carbocycles. The molecule has 0 saturated carbocycles. The summed E-state index contributed by atoms with van der Waals surface area (Å²) < 4.78 is 16.9. The molecule has 2 bridgehead atoms. The number of nitrogens with zero attached hydrogens (tertiary/aromatic N) is 2. The highest BCUT2D eigenvalue weighted by molar-refractivity contribution is 14.1. The van der Waals surface area contributed by atoms with Crippen LogP contribution in [0.4, 0.5) is 0 Å². The smallest absolute Gasteiger partial charge is 0.323 e. The molecule has 0 aliphatic carbocycles. The lowest BCUT2D eigenvalue weighted by molar-refractivity contribution is -0.938. The zero-order valence-corrected chi connectivity index (χ0v) is 19.8. The fourth-order valence-corrected chi connectivity index (χ4v) is 5.21. The molecule has 3 saturated heterocycles. The van der Waals surface area contributed by atoms with Gasteiger partial charge in [0.1, 0.15) is 22.7 Å². The van der Waals surface area contributed by atoms with Gasteiger partial charge < -0.3 is 18.5 Å². The second-order valence-corrected chi connectivity index (χ2v) is 9.70. The fraction of sp³-hybridized carbons (Fsp3) is 0.522. The molecule has 1 unspecified atom stereocenters. The van der Waals surface area contributed by atoms with Crippen molar-refractivity contribution < 1.29 is 28.1 Å². The van der Waals surface area contributed by atoms with E-state index < -0.39 is 0 Å². The van der Waals surface area contributed by atoms with Crippen LogP contribution in [0.3, 0.4) is 0 Å². The van der Waals surface area contributed by atoms with Crippen LogP contribution in [0.15, 0.2) is 40.9 Å². The minimum atomic E-state index is -0.331. The minimum absolute atomic E-state index is 0.0586. The summed E-state index contributed by atoms with van der Waals surface area (Å²) in [4.78, 5) is 25.7. The number of fused-ring (bicyclic) bond motifs is 3. The second kappa shape index (κ2) is 9.79. The first-order chi connectivity index (χ1) is 15.0. The molecule has 3 fully saturated rings. The summed E-state index contributed by atoms with van der Waals surface area (Å²) in [5.74, 6) is 0.393. The van der Waals surface area contributed by atoms with E-state index in [1.165, 1.54) is 0 Å². The molecule has 3 aliphatic heterocycles. The topological polar surface area (TPSA) is 78.6 Å². The first-order valence-electron chi connectivity index (χ1n) is 10.8. The summed E-state index contributed by atoms with van der Waals surface area (Å²) in [5, 5.41) is 3.93. The van der Waals surface area contributed by atoms with Crippen molar-refractivity contribution in [2.45, 2.75) is 36.4 Å². The number of alkyl halides is 1. The molecule has 1 aromatic heterocycles. The van der Waals surface area contributed by atoms with Crippen LogP contribution < -0.4 is 0 Å². The normalized spacial score (nSPS) is 25.9. The number of hydrogen-bond donors (Lipinski definition) is 0. The molecule has 8 heteroatoms. The fourth-order valence-electron chi connectivity index (χ4n) is 4.64. The van der Waals surface area contributed by atoms with Gasteiger partial charge in [0, 0.05) is 31.4 Å². The van der Waals surface area contributed by atoms with Crippen LogP contribution in [-0.2, 0) is 20.9 Å². The summed E-state index contributed by atoms with van der Waals surface area (Å²) >= 11 is 2.14. The van der Waals surface area contributed by atoms with Crippen LogP contribution in [-0.4, -0.2) is 60.3 Å². The number of hydrogen-bond acceptors (Lipinski definition) is 6. The molecule has 2 atom stereocenters. The van der Waals surface area contributed by atoms with E-state index in [-0.39, 0.29) is 27.5 Å². The number of quaternary nitrogens is 1. The van der Waals surface area contributed by atoms with Gasteiger partial charge in [-0.05, 0) is 12.5 Å². The summed E-state index contributed by atoms with van der Waals surface area (Å²) in [6, 6.07) is 11.3. The third-order valence-corrected chi connectivity index (χ3v) is 7.60. The van der Waals surface area contributed by atoms with Crippen LogP contribution in [0.5, 0.6) is 0 Å². The van der Waals surface area contributed by atoms with E-state index in [9.17, 15) is 9.59 Å². The van der Waals surface area contributed by atoms with Gasteiger partial charge in [0.05, 0.1) is 19.7 Å². The molecule has 2 aromatic rings. The summed E-state index contributed by atoms with van der Waals surface area (Å²) in [6.45, 7) is 5.71. The predicted octanol–water partition coefficient (Wildman–Crippen LogP) is 3.72. The second-order valence-electron chi connectivity index (χ2n) is 8.46. The monoisotopic (exact) mass is 539 g/mol. The van der Waals surface area contributed by atoms with E-state index in [0.29, 0.717) is 42.4 Å².